The number of ether oxygens (including phenoxy) is 1. The average molecular weight is 295 g/mol. The molecule has 1 aliphatic rings. The number of nitrogens with zero attached hydrogens (tertiary/aromatic N) is 3. The largest absolute Gasteiger partial charge is 0.444 e. The zero-order chi connectivity index (χ0) is 15.6. The smallest absolute Gasteiger partial charge is 0.407 e. The SMILES string of the molecule is Cn1ncc(N)c1N1CCCC(NC(=O)OC(C)(C)C)C1. The van der Waals surface area contributed by atoms with E-state index in [-0.39, 0.29) is 12.1 Å². The Morgan fingerprint density at radius 1 is 1.52 bits per heavy atom. The van der Waals surface area contributed by atoms with E-state index in [1.807, 2.05) is 27.8 Å². The first-order valence-electron chi connectivity index (χ1n) is 7.28. The quantitative estimate of drug-likeness (QED) is 0.863. The van der Waals surface area contributed by atoms with E-state index in [1.54, 1.807) is 10.9 Å². The molecule has 1 aromatic rings. The Labute approximate surface area is 125 Å². The first-order valence-corrected chi connectivity index (χ1v) is 7.28. The Balaban J connectivity index is 1.97. The minimum atomic E-state index is -0.481. The van der Waals surface area contributed by atoms with Gasteiger partial charge >= 0.3 is 6.09 Å². The van der Waals surface area contributed by atoms with Gasteiger partial charge in [0.05, 0.1) is 11.9 Å². The third-order valence-corrected chi connectivity index (χ3v) is 3.38. The van der Waals surface area contributed by atoms with Gasteiger partial charge in [-0.2, -0.15) is 5.10 Å². The lowest BCUT2D eigenvalue weighted by Crippen LogP contribution is -2.49. The maximum Gasteiger partial charge on any atom is 0.407 e. The Hall–Kier alpha value is -1.92. The van der Waals surface area contributed by atoms with E-state index < -0.39 is 5.60 Å². The molecule has 7 nitrogen and oxygen atoms in total. The monoisotopic (exact) mass is 295 g/mol. The number of nitrogens with one attached hydrogen (secondary N) is 1. The van der Waals surface area contributed by atoms with Crippen LogP contribution in [0.3, 0.4) is 0 Å². The van der Waals surface area contributed by atoms with Crippen molar-refractivity contribution in [3.05, 3.63) is 6.20 Å². The van der Waals surface area contributed by atoms with Crippen molar-refractivity contribution < 1.29 is 9.53 Å². The number of rotatable bonds is 2. The molecule has 1 atom stereocenters. The second-order valence-corrected chi connectivity index (χ2v) is 6.48. The highest BCUT2D eigenvalue weighted by Crippen LogP contribution is 2.25. The summed E-state index contributed by atoms with van der Waals surface area (Å²) in [4.78, 5) is 14.0. The molecule has 2 rings (SSSR count). The van der Waals surface area contributed by atoms with E-state index in [9.17, 15) is 4.79 Å². The van der Waals surface area contributed by atoms with E-state index in [4.69, 9.17) is 10.5 Å². The fourth-order valence-electron chi connectivity index (χ4n) is 2.60. The van der Waals surface area contributed by atoms with Crippen molar-refractivity contribution in [2.45, 2.75) is 45.3 Å². The van der Waals surface area contributed by atoms with Crippen LogP contribution in [0.25, 0.3) is 0 Å². The van der Waals surface area contributed by atoms with E-state index in [2.05, 4.69) is 15.3 Å². The molecule has 2 heterocycles. The normalized spacial score (nSPS) is 19.4. The summed E-state index contributed by atoms with van der Waals surface area (Å²) in [6.45, 7) is 7.20. The number of aryl methyl sites for hydroxylation is 1. The lowest BCUT2D eigenvalue weighted by molar-refractivity contribution is 0.0500. The van der Waals surface area contributed by atoms with Crippen LogP contribution in [-0.4, -0.2) is 40.6 Å². The highest BCUT2D eigenvalue weighted by atomic mass is 16.6. The highest BCUT2D eigenvalue weighted by Gasteiger charge is 2.26. The molecule has 0 aliphatic carbocycles. The summed E-state index contributed by atoms with van der Waals surface area (Å²) in [6.07, 6.45) is 3.21. The van der Waals surface area contributed by atoms with Crippen LogP contribution >= 0.6 is 0 Å². The topological polar surface area (TPSA) is 85.4 Å². The molecule has 0 radical (unpaired) electrons. The standard InChI is InChI=1S/C14H25N5O2/c1-14(2,3)21-13(20)17-10-6-5-7-19(9-10)12-11(15)8-16-18(12)4/h8,10H,5-7,9,15H2,1-4H3,(H,17,20). The zero-order valence-corrected chi connectivity index (χ0v) is 13.2. The minimum absolute atomic E-state index is 0.0582. The van der Waals surface area contributed by atoms with Crippen LogP contribution in [-0.2, 0) is 11.8 Å². The van der Waals surface area contributed by atoms with Gasteiger partial charge in [0.2, 0.25) is 0 Å². The summed E-state index contributed by atoms with van der Waals surface area (Å²) >= 11 is 0. The van der Waals surface area contributed by atoms with E-state index >= 15 is 0 Å². The van der Waals surface area contributed by atoms with Gasteiger partial charge in [0.25, 0.3) is 0 Å². The number of nitrogen functional groups attached to an aromatic ring is 1. The van der Waals surface area contributed by atoms with E-state index in [0.29, 0.717) is 12.2 Å². The Morgan fingerprint density at radius 3 is 2.81 bits per heavy atom. The van der Waals surface area contributed by atoms with Gasteiger partial charge in [-0.25, -0.2) is 4.79 Å². The van der Waals surface area contributed by atoms with Crippen molar-refractivity contribution in [3.63, 3.8) is 0 Å². The molecule has 7 heteroatoms. The molecule has 1 fully saturated rings. The maximum atomic E-state index is 11.9. The molecule has 0 aromatic carbocycles. The van der Waals surface area contributed by atoms with E-state index in [1.165, 1.54) is 0 Å². The summed E-state index contributed by atoms with van der Waals surface area (Å²) in [6, 6.07) is 0.0582. The number of amides is 1. The van der Waals surface area contributed by atoms with Gasteiger partial charge in [-0.3, -0.25) is 4.68 Å². The van der Waals surface area contributed by atoms with Crippen LogP contribution in [0.5, 0.6) is 0 Å². The Kier molecular flexibility index (Phi) is 4.29. The Bertz CT molecular complexity index is 486. The van der Waals surface area contributed by atoms with Crippen molar-refractivity contribution >= 4 is 17.6 Å². The Morgan fingerprint density at radius 2 is 2.24 bits per heavy atom. The number of hydrogen-bond donors (Lipinski definition) is 2. The zero-order valence-electron chi connectivity index (χ0n) is 13.2. The highest BCUT2D eigenvalue weighted by molar-refractivity contribution is 5.68. The second kappa shape index (κ2) is 5.83. The van der Waals surface area contributed by atoms with E-state index in [0.717, 1.165) is 25.2 Å². The lowest BCUT2D eigenvalue weighted by atomic mass is 10.1. The molecule has 118 valence electrons. The van der Waals surface area contributed by atoms with Crippen molar-refractivity contribution in [1.82, 2.24) is 15.1 Å². The molecule has 0 spiro atoms. The number of anilines is 2. The molecule has 1 aromatic heterocycles. The van der Waals surface area contributed by atoms with Crippen LogP contribution in [0.2, 0.25) is 0 Å². The molecule has 1 aliphatic heterocycles. The van der Waals surface area contributed by atoms with Crippen molar-refractivity contribution in [1.29, 1.82) is 0 Å². The summed E-state index contributed by atoms with van der Waals surface area (Å²) < 4.78 is 7.07. The first-order chi connectivity index (χ1) is 9.76. The summed E-state index contributed by atoms with van der Waals surface area (Å²) in [5, 5.41) is 7.10. The molecule has 3 N–H and O–H groups in total. The maximum absolute atomic E-state index is 11.9. The molecule has 1 unspecified atom stereocenters. The van der Waals surface area contributed by atoms with Gasteiger partial charge in [0.15, 0.2) is 0 Å². The van der Waals surface area contributed by atoms with Gasteiger partial charge in [-0.05, 0) is 33.6 Å². The van der Waals surface area contributed by atoms with Gasteiger partial charge in [0, 0.05) is 26.2 Å². The van der Waals surface area contributed by atoms with Gasteiger partial charge in [-0.15, -0.1) is 0 Å². The molecular weight excluding hydrogens is 270 g/mol. The van der Waals surface area contributed by atoms with Crippen LogP contribution in [0.15, 0.2) is 6.20 Å². The number of hydrogen-bond acceptors (Lipinski definition) is 5. The number of nitrogens with two attached hydrogens (primary N) is 1. The van der Waals surface area contributed by atoms with Crippen LogP contribution in [0.4, 0.5) is 16.3 Å². The fraction of sp³-hybridized carbons (Fsp3) is 0.714. The summed E-state index contributed by atoms with van der Waals surface area (Å²) in [5.41, 5.74) is 6.15. The van der Waals surface area contributed by atoms with Crippen molar-refractivity contribution in [3.8, 4) is 0 Å². The molecule has 0 bridgehead atoms. The van der Waals surface area contributed by atoms with Crippen molar-refractivity contribution in [2.75, 3.05) is 23.7 Å². The predicted molar refractivity (Wildman–Crippen MR) is 82.2 cm³/mol. The number of carbonyl (C=O) groups is 1. The van der Waals surface area contributed by atoms with Gasteiger partial charge in [0.1, 0.15) is 11.4 Å². The number of carbonyl (C=O) groups excluding carboxylic acids is 1. The summed E-state index contributed by atoms with van der Waals surface area (Å²) in [7, 11) is 1.87. The number of aromatic nitrogens is 2. The second-order valence-electron chi connectivity index (χ2n) is 6.48. The van der Waals surface area contributed by atoms with Crippen LogP contribution in [0, 0.1) is 0 Å². The molecule has 1 amide bonds. The fourth-order valence-corrected chi connectivity index (χ4v) is 2.60. The molecule has 1 saturated heterocycles. The first kappa shape index (κ1) is 15.5. The van der Waals surface area contributed by atoms with Crippen LogP contribution in [0.1, 0.15) is 33.6 Å². The van der Waals surface area contributed by atoms with Gasteiger partial charge in [-0.1, -0.05) is 0 Å². The number of alkyl carbamates (subject to hydrolysis) is 1. The van der Waals surface area contributed by atoms with Crippen molar-refractivity contribution in [2.24, 2.45) is 7.05 Å². The third-order valence-electron chi connectivity index (χ3n) is 3.38. The third kappa shape index (κ3) is 4.03. The average Bonchev–Trinajstić information content (AvgIpc) is 2.66. The molecular formula is C14H25N5O2. The number of piperidine rings is 1. The van der Waals surface area contributed by atoms with Crippen LogP contribution < -0.4 is 16.0 Å². The minimum Gasteiger partial charge on any atom is -0.444 e. The van der Waals surface area contributed by atoms with Gasteiger partial charge < -0.3 is 20.7 Å². The lowest BCUT2D eigenvalue weighted by Gasteiger charge is -2.35. The summed E-state index contributed by atoms with van der Waals surface area (Å²) in [5.74, 6) is 0.908. The molecule has 21 heavy (non-hydrogen) atoms. The molecule has 0 saturated carbocycles. The predicted octanol–water partition coefficient (Wildman–Crippen LogP) is 1.50.